The van der Waals surface area contributed by atoms with E-state index in [4.69, 9.17) is 13.8 Å². The number of carbonyl (C=O) groups excluding carboxylic acids is 1. The first-order chi connectivity index (χ1) is 12.7. The van der Waals surface area contributed by atoms with E-state index in [1.165, 1.54) is 11.8 Å². The lowest BCUT2D eigenvalue weighted by molar-refractivity contribution is 0.0935. The van der Waals surface area contributed by atoms with Gasteiger partial charge in [0.15, 0.2) is 0 Å². The van der Waals surface area contributed by atoms with Gasteiger partial charge in [-0.05, 0) is 37.0 Å². The first kappa shape index (κ1) is 16.5. The summed E-state index contributed by atoms with van der Waals surface area (Å²) >= 11 is 0. The molecule has 1 aliphatic carbocycles. The molecule has 0 unspecified atom stereocenters. The lowest BCUT2D eigenvalue weighted by Crippen LogP contribution is -2.27. The SMILES string of the molecule is COCc1nc(-c2ccc3c(c2)CC[C@H]3NC(=O)c2conc2C)no1. The molecular formula is C18H18N4O4. The van der Waals surface area contributed by atoms with Crippen molar-refractivity contribution in [1.29, 1.82) is 0 Å². The Labute approximate surface area is 149 Å². The van der Waals surface area contributed by atoms with Crippen molar-refractivity contribution in [3.8, 4) is 11.4 Å². The summed E-state index contributed by atoms with van der Waals surface area (Å²) in [6.07, 6.45) is 3.09. The highest BCUT2D eigenvalue weighted by Gasteiger charge is 2.26. The highest BCUT2D eigenvalue weighted by atomic mass is 16.5. The summed E-state index contributed by atoms with van der Waals surface area (Å²) in [5.41, 5.74) is 4.22. The van der Waals surface area contributed by atoms with E-state index in [2.05, 4.69) is 20.6 Å². The van der Waals surface area contributed by atoms with E-state index in [0.29, 0.717) is 23.0 Å². The van der Waals surface area contributed by atoms with Gasteiger partial charge >= 0.3 is 0 Å². The van der Waals surface area contributed by atoms with E-state index in [-0.39, 0.29) is 18.6 Å². The van der Waals surface area contributed by atoms with E-state index >= 15 is 0 Å². The zero-order valence-electron chi connectivity index (χ0n) is 14.5. The third-order valence-electron chi connectivity index (χ3n) is 4.51. The summed E-state index contributed by atoms with van der Waals surface area (Å²) < 4.78 is 15.0. The van der Waals surface area contributed by atoms with Gasteiger partial charge in [0.05, 0.1) is 11.7 Å². The molecule has 0 aliphatic heterocycles. The van der Waals surface area contributed by atoms with Gasteiger partial charge in [0.2, 0.25) is 5.82 Å². The molecule has 1 aromatic carbocycles. The molecule has 1 aliphatic rings. The van der Waals surface area contributed by atoms with Gasteiger partial charge in [-0.1, -0.05) is 22.4 Å². The number of rotatable bonds is 5. The number of nitrogens with zero attached hydrogens (tertiary/aromatic N) is 3. The Hall–Kier alpha value is -3.00. The van der Waals surface area contributed by atoms with Crippen molar-refractivity contribution >= 4 is 5.91 Å². The highest BCUT2D eigenvalue weighted by Crippen LogP contribution is 2.34. The summed E-state index contributed by atoms with van der Waals surface area (Å²) in [5, 5.41) is 10.8. The monoisotopic (exact) mass is 354 g/mol. The Morgan fingerprint density at radius 2 is 2.27 bits per heavy atom. The van der Waals surface area contributed by atoms with Gasteiger partial charge in [0.1, 0.15) is 18.4 Å². The summed E-state index contributed by atoms with van der Waals surface area (Å²) in [7, 11) is 1.58. The zero-order valence-corrected chi connectivity index (χ0v) is 14.5. The van der Waals surface area contributed by atoms with Crippen LogP contribution in [0.25, 0.3) is 11.4 Å². The molecule has 2 heterocycles. The van der Waals surface area contributed by atoms with Crippen LogP contribution in [0.15, 0.2) is 33.5 Å². The lowest BCUT2D eigenvalue weighted by Gasteiger charge is -2.13. The number of benzene rings is 1. The number of amides is 1. The molecule has 2 aromatic heterocycles. The second-order valence-electron chi connectivity index (χ2n) is 6.24. The quantitative estimate of drug-likeness (QED) is 0.751. The molecule has 0 bridgehead atoms. The number of nitrogens with one attached hydrogen (secondary N) is 1. The van der Waals surface area contributed by atoms with Crippen molar-refractivity contribution in [3.05, 3.63) is 52.7 Å². The predicted molar refractivity (Wildman–Crippen MR) is 90.2 cm³/mol. The molecule has 0 saturated heterocycles. The Morgan fingerprint density at radius 1 is 1.38 bits per heavy atom. The fourth-order valence-electron chi connectivity index (χ4n) is 3.21. The highest BCUT2D eigenvalue weighted by molar-refractivity contribution is 5.95. The van der Waals surface area contributed by atoms with E-state index < -0.39 is 0 Å². The van der Waals surface area contributed by atoms with Crippen LogP contribution in [0.5, 0.6) is 0 Å². The van der Waals surface area contributed by atoms with Gasteiger partial charge in [-0.15, -0.1) is 0 Å². The largest absolute Gasteiger partial charge is 0.375 e. The predicted octanol–water partition coefficient (Wildman–Crippen LogP) is 2.60. The summed E-state index contributed by atoms with van der Waals surface area (Å²) in [6, 6.07) is 5.97. The van der Waals surface area contributed by atoms with Crippen LogP contribution in [0.3, 0.4) is 0 Å². The molecule has 0 spiro atoms. The average molecular weight is 354 g/mol. The Balaban J connectivity index is 1.52. The number of aromatic nitrogens is 3. The molecule has 26 heavy (non-hydrogen) atoms. The minimum absolute atomic E-state index is 0.0322. The number of hydrogen-bond donors (Lipinski definition) is 1. The third kappa shape index (κ3) is 2.99. The topological polar surface area (TPSA) is 103 Å². The number of carbonyl (C=O) groups is 1. The van der Waals surface area contributed by atoms with Crippen LogP contribution in [0.4, 0.5) is 0 Å². The first-order valence-corrected chi connectivity index (χ1v) is 8.32. The standard InChI is InChI=1S/C18H18N4O4/c1-10-14(8-25-21-10)18(23)19-15-6-4-11-7-12(3-5-13(11)15)17-20-16(9-24-2)26-22-17/h3,5,7-8,15H,4,6,9H2,1-2H3,(H,19,23)/t15-/m1/s1. The van der Waals surface area contributed by atoms with E-state index in [1.807, 2.05) is 18.2 Å². The maximum atomic E-state index is 12.4. The number of ether oxygens (including phenoxy) is 1. The fraction of sp³-hybridized carbons (Fsp3) is 0.333. The first-order valence-electron chi connectivity index (χ1n) is 8.32. The zero-order chi connectivity index (χ0) is 18.1. The van der Waals surface area contributed by atoms with Crippen LogP contribution in [0.2, 0.25) is 0 Å². The van der Waals surface area contributed by atoms with Crippen molar-refractivity contribution in [2.75, 3.05) is 7.11 Å². The Bertz CT molecular complexity index is 946. The van der Waals surface area contributed by atoms with Gasteiger partial charge in [0, 0.05) is 12.7 Å². The lowest BCUT2D eigenvalue weighted by atomic mass is 10.0. The van der Waals surface area contributed by atoms with E-state index in [9.17, 15) is 4.79 Å². The molecule has 0 fully saturated rings. The molecule has 1 amide bonds. The molecule has 3 aromatic rings. The molecular weight excluding hydrogens is 336 g/mol. The number of hydrogen-bond acceptors (Lipinski definition) is 7. The van der Waals surface area contributed by atoms with Crippen LogP contribution < -0.4 is 5.32 Å². The van der Waals surface area contributed by atoms with E-state index in [1.54, 1.807) is 14.0 Å². The van der Waals surface area contributed by atoms with Crippen LogP contribution in [-0.4, -0.2) is 28.3 Å². The minimum Gasteiger partial charge on any atom is -0.375 e. The maximum Gasteiger partial charge on any atom is 0.256 e. The molecule has 1 N–H and O–H groups in total. The summed E-state index contributed by atoms with van der Waals surface area (Å²) in [5.74, 6) is 0.803. The van der Waals surface area contributed by atoms with Crippen molar-refractivity contribution in [1.82, 2.24) is 20.6 Å². The Kier molecular flexibility index (Phi) is 4.26. The van der Waals surface area contributed by atoms with Crippen LogP contribution in [0, 0.1) is 6.92 Å². The van der Waals surface area contributed by atoms with Crippen LogP contribution in [0.1, 0.15) is 45.5 Å². The van der Waals surface area contributed by atoms with Crippen molar-refractivity contribution < 1.29 is 18.6 Å². The van der Waals surface area contributed by atoms with Crippen molar-refractivity contribution in [2.45, 2.75) is 32.4 Å². The molecule has 0 radical (unpaired) electrons. The normalized spacial score (nSPS) is 15.8. The second kappa shape index (κ2) is 6.72. The fourth-order valence-corrected chi connectivity index (χ4v) is 3.21. The number of fused-ring (bicyclic) bond motifs is 1. The maximum absolute atomic E-state index is 12.4. The average Bonchev–Trinajstić information content (AvgIpc) is 3.35. The number of aryl methyl sites for hydroxylation is 2. The van der Waals surface area contributed by atoms with E-state index in [0.717, 1.165) is 24.0 Å². The second-order valence-corrected chi connectivity index (χ2v) is 6.24. The third-order valence-corrected chi connectivity index (χ3v) is 4.51. The van der Waals surface area contributed by atoms with Gasteiger partial charge in [-0.25, -0.2) is 0 Å². The molecule has 134 valence electrons. The minimum atomic E-state index is -0.173. The van der Waals surface area contributed by atoms with Crippen molar-refractivity contribution in [3.63, 3.8) is 0 Å². The molecule has 0 saturated carbocycles. The van der Waals surface area contributed by atoms with Crippen LogP contribution >= 0.6 is 0 Å². The van der Waals surface area contributed by atoms with Gasteiger partial charge in [-0.2, -0.15) is 4.98 Å². The van der Waals surface area contributed by atoms with Gasteiger partial charge < -0.3 is 19.1 Å². The Morgan fingerprint density at radius 3 is 3.04 bits per heavy atom. The molecule has 4 rings (SSSR count). The molecule has 1 atom stereocenters. The van der Waals surface area contributed by atoms with Gasteiger partial charge in [0.25, 0.3) is 11.8 Å². The van der Waals surface area contributed by atoms with Crippen molar-refractivity contribution in [2.24, 2.45) is 0 Å². The molecule has 8 heteroatoms. The molecule has 8 nitrogen and oxygen atoms in total. The summed E-state index contributed by atoms with van der Waals surface area (Å²) in [6.45, 7) is 2.03. The summed E-state index contributed by atoms with van der Waals surface area (Å²) in [4.78, 5) is 16.7. The smallest absolute Gasteiger partial charge is 0.256 e. The van der Waals surface area contributed by atoms with Gasteiger partial charge in [-0.3, -0.25) is 4.79 Å². The van der Waals surface area contributed by atoms with Crippen LogP contribution in [-0.2, 0) is 17.8 Å². The number of methoxy groups -OCH3 is 1.